The third-order valence-corrected chi connectivity index (χ3v) is 3.84. The highest BCUT2D eigenvalue weighted by molar-refractivity contribution is 9.11. The molecule has 22 heavy (non-hydrogen) atoms. The molecule has 7 heteroatoms. The summed E-state index contributed by atoms with van der Waals surface area (Å²) >= 11 is 6.66. The van der Waals surface area contributed by atoms with Crippen molar-refractivity contribution in [3.8, 4) is 0 Å². The van der Waals surface area contributed by atoms with E-state index in [4.69, 9.17) is 10.5 Å². The molecule has 0 unspecified atom stereocenters. The Balaban J connectivity index is 1.89. The molecule has 0 bridgehead atoms. The third-order valence-electron chi connectivity index (χ3n) is 2.69. The standard InChI is InChI=1S/C15H12Br2N2O3/c16-10-3-6-13(12(17)7-10)19-14(20)8-22-15(21)9-1-4-11(18)5-2-9/h1-7H,8,18H2,(H,19,20). The Morgan fingerprint density at radius 3 is 2.41 bits per heavy atom. The van der Waals surface area contributed by atoms with Crippen LogP contribution in [0.25, 0.3) is 0 Å². The van der Waals surface area contributed by atoms with Crippen LogP contribution in [0, 0.1) is 0 Å². The molecule has 0 radical (unpaired) electrons. The summed E-state index contributed by atoms with van der Waals surface area (Å²) in [6, 6.07) is 11.6. The lowest BCUT2D eigenvalue weighted by Crippen LogP contribution is -2.21. The molecule has 0 fully saturated rings. The van der Waals surface area contributed by atoms with Gasteiger partial charge < -0.3 is 15.8 Å². The van der Waals surface area contributed by atoms with Crippen LogP contribution in [-0.2, 0) is 9.53 Å². The summed E-state index contributed by atoms with van der Waals surface area (Å²) < 4.78 is 6.55. The minimum Gasteiger partial charge on any atom is -0.452 e. The molecular formula is C15H12Br2N2O3. The van der Waals surface area contributed by atoms with Crippen molar-refractivity contribution in [2.45, 2.75) is 0 Å². The van der Waals surface area contributed by atoms with Crippen molar-refractivity contribution in [1.82, 2.24) is 0 Å². The topological polar surface area (TPSA) is 81.4 Å². The van der Waals surface area contributed by atoms with Gasteiger partial charge in [0.25, 0.3) is 5.91 Å². The number of amides is 1. The second-order valence-electron chi connectivity index (χ2n) is 4.37. The molecule has 0 heterocycles. The molecule has 1 amide bonds. The van der Waals surface area contributed by atoms with Crippen molar-refractivity contribution < 1.29 is 14.3 Å². The first kappa shape index (κ1) is 16.5. The number of esters is 1. The molecule has 0 aliphatic carbocycles. The monoisotopic (exact) mass is 426 g/mol. The Morgan fingerprint density at radius 1 is 1.09 bits per heavy atom. The summed E-state index contributed by atoms with van der Waals surface area (Å²) in [5, 5.41) is 2.65. The first-order valence-electron chi connectivity index (χ1n) is 6.23. The molecular weight excluding hydrogens is 416 g/mol. The van der Waals surface area contributed by atoms with Gasteiger partial charge in [0.1, 0.15) is 0 Å². The van der Waals surface area contributed by atoms with E-state index in [0.717, 1.165) is 8.95 Å². The minimum absolute atomic E-state index is 0.340. The summed E-state index contributed by atoms with van der Waals surface area (Å²) in [6.45, 7) is -0.369. The molecule has 0 atom stereocenters. The molecule has 0 aromatic heterocycles. The molecule has 2 rings (SSSR count). The highest BCUT2D eigenvalue weighted by Crippen LogP contribution is 2.26. The summed E-state index contributed by atoms with van der Waals surface area (Å²) in [5.74, 6) is -1.00. The largest absolute Gasteiger partial charge is 0.452 e. The lowest BCUT2D eigenvalue weighted by atomic mass is 10.2. The van der Waals surface area contributed by atoms with Crippen LogP contribution in [0.4, 0.5) is 11.4 Å². The summed E-state index contributed by atoms with van der Waals surface area (Å²) in [7, 11) is 0. The van der Waals surface area contributed by atoms with Gasteiger partial charge in [-0.1, -0.05) is 15.9 Å². The Kier molecular flexibility index (Phi) is 5.57. The van der Waals surface area contributed by atoms with Gasteiger partial charge in [-0.25, -0.2) is 4.79 Å². The number of ether oxygens (including phenoxy) is 1. The number of nitrogen functional groups attached to an aromatic ring is 1. The van der Waals surface area contributed by atoms with Crippen molar-refractivity contribution in [3.63, 3.8) is 0 Å². The van der Waals surface area contributed by atoms with Crippen molar-refractivity contribution in [3.05, 3.63) is 57.0 Å². The Morgan fingerprint density at radius 2 is 1.77 bits per heavy atom. The first-order chi connectivity index (χ1) is 10.5. The first-order valence-corrected chi connectivity index (χ1v) is 7.82. The number of hydrogen-bond acceptors (Lipinski definition) is 4. The van der Waals surface area contributed by atoms with Crippen molar-refractivity contribution >= 4 is 55.1 Å². The van der Waals surface area contributed by atoms with E-state index in [1.165, 1.54) is 0 Å². The summed E-state index contributed by atoms with van der Waals surface area (Å²) in [5.41, 5.74) is 7.02. The van der Waals surface area contributed by atoms with Crippen molar-refractivity contribution in [1.29, 1.82) is 0 Å². The lowest BCUT2D eigenvalue weighted by molar-refractivity contribution is -0.119. The van der Waals surface area contributed by atoms with E-state index in [-0.39, 0.29) is 6.61 Å². The third kappa shape index (κ3) is 4.57. The van der Waals surface area contributed by atoms with Crippen LogP contribution in [0.5, 0.6) is 0 Å². The van der Waals surface area contributed by atoms with Gasteiger partial charge in [-0.05, 0) is 58.4 Å². The average molecular weight is 428 g/mol. The molecule has 5 nitrogen and oxygen atoms in total. The number of benzene rings is 2. The van der Waals surface area contributed by atoms with Crippen LogP contribution in [0.3, 0.4) is 0 Å². The Hall–Kier alpha value is -1.86. The van der Waals surface area contributed by atoms with Gasteiger partial charge >= 0.3 is 5.97 Å². The SMILES string of the molecule is Nc1ccc(C(=O)OCC(=O)Nc2ccc(Br)cc2Br)cc1. The number of anilines is 2. The minimum atomic E-state index is -0.579. The molecule has 3 N–H and O–H groups in total. The number of nitrogens with one attached hydrogen (secondary N) is 1. The number of carbonyl (C=O) groups excluding carboxylic acids is 2. The van der Waals surface area contributed by atoms with E-state index in [0.29, 0.717) is 16.9 Å². The fourth-order valence-electron chi connectivity index (χ4n) is 1.61. The number of nitrogens with two attached hydrogens (primary N) is 1. The Bertz CT molecular complexity index is 702. The zero-order valence-electron chi connectivity index (χ0n) is 11.3. The van der Waals surface area contributed by atoms with Crippen molar-refractivity contribution in [2.75, 3.05) is 17.7 Å². The number of hydrogen-bond donors (Lipinski definition) is 2. The summed E-state index contributed by atoms with van der Waals surface area (Å²) in [6.07, 6.45) is 0. The average Bonchev–Trinajstić information content (AvgIpc) is 2.48. The van der Waals surface area contributed by atoms with Gasteiger partial charge in [0.05, 0.1) is 11.3 Å². The van der Waals surface area contributed by atoms with Crippen LogP contribution in [0.1, 0.15) is 10.4 Å². The van der Waals surface area contributed by atoms with Gasteiger partial charge in [-0.15, -0.1) is 0 Å². The van der Waals surface area contributed by atoms with E-state index >= 15 is 0 Å². The van der Waals surface area contributed by atoms with Gasteiger partial charge in [-0.3, -0.25) is 4.79 Å². The fourth-order valence-corrected chi connectivity index (χ4v) is 2.76. The highest BCUT2D eigenvalue weighted by Gasteiger charge is 2.11. The normalized spacial score (nSPS) is 10.1. The van der Waals surface area contributed by atoms with Gasteiger partial charge in [0, 0.05) is 14.6 Å². The molecule has 0 saturated carbocycles. The van der Waals surface area contributed by atoms with Crippen LogP contribution in [0.2, 0.25) is 0 Å². The molecule has 0 aliphatic heterocycles. The zero-order valence-corrected chi connectivity index (χ0v) is 14.5. The van der Waals surface area contributed by atoms with E-state index in [1.807, 2.05) is 0 Å². The van der Waals surface area contributed by atoms with Crippen LogP contribution in [0.15, 0.2) is 51.4 Å². The van der Waals surface area contributed by atoms with Crippen LogP contribution in [-0.4, -0.2) is 18.5 Å². The molecule has 0 saturated heterocycles. The fraction of sp³-hybridized carbons (Fsp3) is 0.0667. The number of carbonyl (C=O) groups is 2. The maximum absolute atomic E-state index is 11.8. The second-order valence-corrected chi connectivity index (χ2v) is 6.14. The van der Waals surface area contributed by atoms with Gasteiger partial charge in [0.15, 0.2) is 6.61 Å². The maximum atomic E-state index is 11.8. The second kappa shape index (κ2) is 7.42. The quantitative estimate of drug-likeness (QED) is 0.577. The molecule has 0 aliphatic rings. The Labute approximate surface area is 144 Å². The summed E-state index contributed by atoms with van der Waals surface area (Å²) in [4.78, 5) is 23.6. The smallest absolute Gasteiger partial charge is 0.338 e. The zero-order chi connectivity index (χ0) is 16.1. The molecule has 2 aromatic rings. The molecule has 114 valence electrons. The van der Waals surface area contributed by atoms with Gasteiger partial charge in [0.2, 0.25) is 0 Å². The van der Waals surface area contributed by atoms with Crippen LogP contribution < -0.4 is 11.1 Å². The molecule has 0 spiro atoms. The number of halogens is 2. The predicted octanol–water partition coefficient (Wildman–Crippen LogP) is 3.59. The van der Waals surface area contributed by atoms with E-state index in [2.05, 4.69) is 37.2 Å². The van der Waals surface area contributed by atoms with E-state index < -0.39 is 11.9 Å². The van der Waals surface area contributed by atoms with E-state index in [9.17, 15) is 9.59 Å². The highest BCUT2D eigenvalue weighted by atomic mass is 79.9. The molecule has 2 aromatic carbocycles. The number of rotatable bonds is 4. The predicted molar refractivity (Wildman–Crippen MR) is 91.6 cm³/mol. The lowest BCUT2D eigenvalue weighted by Gasteiger charge is -2.08. The maximum Gasteiger partial charge on any atom is 0.338 e. The van der Waals surface area contributed by atoms with Gasteiger partial charge in [-0.2, -0.15) is 0 Å². The van der Waals surface area contributed by atoms with E-state index in [1.54, 1.807) is 42.5 Å². The van der Waals surface area contributed by atoms with Crippen molar-refractivity contribution in [2.24, 2.45) is 0 Å². The van der Waals surface area contributed by atoms with Crippen LogP contribution >= 0.6 is 31.9 Å².